The molecule has 0 aliphatic heterocycles. The van der Waals surface area contributed by atoms with Crippen molar-refractivity contribution in [2.75, 3.05) is 0 Å². The predicted octanol–water partition coefficient (Wildman–Crippen LogP) is 2.83. The molecule has 2 rings (SSSR count). The highest BCUT2D eigenvalue weighted by atomic mass is 35.5. The van der Waals surface area contributed by atoms with Crippen molar-refractivity contribution in [3.8, 4) is 0 Å². The molecule has 3 N–H and O–H groups in total. The summed E-state index contributed by atoms with van der Waals surface area (Å²) in [5.41, 5.74) is 6.85. The molecule has 2 aromatic rings. The number of nitrogens with two attached hydrogens (primary N) is 1. The maximum absolute atomic E-state index is 12.2. The first-order valence-corrected chi connectivity index (χ1v) is 6.75. The normalized spacial score (nSPS) is 13.6. The number of halogens is 1. The Morgan fingerprint density at radius 2 is 1.75 bits per heavy atom. The van der Waals surface area contributed by atoms with E-state index >= 15 is 0 Å². The minimum absolute atomic E-state index is 0.210. The molecule has 0 radical (unpaired) electrons. The molecule has 20 heavy (non-hydrogen) atoms. The van der Waals surface area contributed by atoms with Crippen LogP contribution < -0.4 is 11.1 Å². The summed E-state index contributed by atoms with van der Waals surface area (Å²) in [6, 6.07) is 16.7. The summed E-state index contributed by atoms with van der Waals surface area (Å²) in [5, 5.41) is 3.52. The molecule has 0 bridgehead atoms. The molecular weight excluding hydrogens is 272 g/mol. The highest BCUT2D eigenvalue weighted by Crippen LogP contribution is 2.17. The second-order valence-corrected chi connectivity index (χ2v) is 5.31. The Bertz CT molecular complexity index is 579. The lowest BCUT2D eigenvalue weighted by Crippen LogP contribution is -2.48. The standard InChI is InChI=1S/C16H17ClN2O/c1-16(18,13-5-3-2-4-6-13)15(20)19-11-12-7-9-14(17)10-8-12/h2-10H,11,18H2,1H3,(H,19,20). The molecule has 104 valence electrons. The zero-order valence-electron chi connectivity index (χ0n) is 11.3. The van der Waals surface area contributed by atoms with Gasteiger partial charge in [-0.2, -0.15) is 0 Å². The summed E-state index contributed by atoms with van der Waals surface area (Å²) in [5.74, 6) is -0.210. The van der Waals surface area contributed by atoms with Crippen LogP contribution in [0, 0.1) is 0 Å². The van der Waals surface area contributed by atoms with E-state index in [9.17, 15) is 4.79 Å². The molecular formula is C16H17ClN2O. The van der Waals surface area contributed by atoms with E-state index in [4.69, 9.17) is 17.3 Å². The molecule has 1 amide bonds. The van der Waals surface area contributed by atoms with Gasteiger partial charge in [0, 0.05) is 11.6 Å². The zero-order chi connectivity index (χ0) is 14.6. The minimum atomic E-state index is -1.05. The maximum atomic E-state index is 12.2. The number of hydrogen-bond donors (Lipinski definition) is 2. The largest absolute Gasteiger partial charge is 0.350 e. The molecule has 0 aliphatic rings. The minimum Gasteiger partial charge on any atom is -0.350 e. The van der Waals surface area contributed by atoms with Gasteiger partial charge in [-0.3, -0.25) is 4.79 Å². The SMILES string of the molecule is CC(N)(C(=O)NCc1ccc(Cl)cc1)c1ccccc1. The van der Waals surface area contributed by atoms with Gasteiger partial charge >= 0.3 is 0 Å². The van der Waals surface area contributed by atoms with Crippen molar-refractivity contribution in [1.82, 2.24) is 5.32 Å². The van der Waals surface area contributed by atoms with Crippen molar-refractivity contribution in [2.24, 2.45) is 5.73 Å². The molecule has 3 nitrogen and oxygen atoms in total. The van der Waals surface area contributed by atoms with Crippen LogP contribution in [0.1, 0.15) is 18.1 Å². The van der Waals surface area contributed by atoms with E-state index in [0.717, 1.165) is 11.1 Å². The molecule has 2 aromatic carbocycles. The molecule has 4 heteroatoms. The van der Waals surface area contributed by atoms with Crippen molar-refractivity contribution in [3.63, 3.8) is 0 Å². The lowest BCUT2D eigenvalue weighted by atomic mass is 9.92. The van der Waals surface area contributed by atoms with Gasteiger partial charge < -0.3 is 11.1 Å². The average Bonchev–Trinajstić information content (AvgIpc) is 2.47. The molecule has 0 saturated carbocycles. The lowest BCUT2D eigenvalue weighted by Gasteiger charge is -2.24. The Hall–Kier alpha value is -1.84. The Labute approximate surface area is 123 Å². The van der Waals surface area contributed by atoms with Gasteiger partial charge in [-0.1, -0.05) is 54.1 Å². The van der Waals surface area contributed by atoms with Crippen LogP contribution in [0.4, 0.5) is 0 Å². The smallest absolute Gasteiger partial charge is 0.244 e. The van der Waals surface area contributed by atoms with Gasteiger partial charge in [-0.05, 0) is 30.2 Å². The van der Waals surface area contributed by atoms with E-state index in [1.807, 2.05) is 42.5 Å². The summed E-state index contributed by atoms with van der Waals surface area (Å²) >= 11 is 5.82. The van der Waals surface area contributed by atoms with Gasteiger partial charge in [-0.25, -0.2) is 0 Å². The second-order valence-electron chi connectivity index (χ2n) is 4.88. The summed E-state index contributed by atoms with van der Waals surface area (Å²) < 4.78 is 0. The first-order valence-electron chi connectivity index (χ1n) is 6.37. The van der Waals surface area contributed by atoms with Gasteiger partial charge in [0.25, 0.3) is 0 Å². The summed E-state index contributed by atoms with van der Waals surface area (Å²) in [4.78, 5) is 12.2. The van der Waals surface area contributed by atoms with Gasteiger partial charge in [0.05, 0.1) is 0 Å². The van der Waals surface area contributed by atoms with Crippen molar-refractivity contribution in [1.29, 1.82) is 0 Å². The molecule has 0 heterocycles. The monoisotopic (exact) mass is 288 g/mol. The highest BCUT2D eigenvalue weighted by Gasteiger charge is 2.29. The van der Waals surface area contributed by atoms with Gasteiger partial charge in [0.1, 0.15) is 5.54 Å². The quantitative estimate of drug-likeness (QED) is 0.909. The van der Waals surface area contributed by atoms with Crippen LogP contribution in [-0.4, -0.2) is 5.91 Å². The first-order chi connectivity index (χ1) is 9.50. The number of benzene rings is 2. The fourth-order valence-corrected chi connectivity index (χ4v) is 2.01. The summed E-state index contributed by atoms with van der Waals surface area (Å²) in [7, 11) is 0. The first kappa shape index (κ1) is 14.6. The van der Waals surface area contributed by atoms with Crippen molar-refractivity contribution in [3.05, 3.63) is 70.7 Å². The third-order valence-corrected chi connectivity index (χ3v) is 3.46. The molecule has 1 atom stereocenters. The third-order valence-electron chi connectivity index (χ3n) is 3.21. The van der Waals surface area contributed by atoms with E-state index in [1.165, 1.54) is 0 Å². The number of carbonyl (C=O) groups excluding carboxylic acids is 1. The van der Waals surface area contributed by atoms with Crippen LogP contribution in [0.25, 0.3) is 0 Å². The molecule has 0 aromatic heterocycles. The Morgan fingerprint density at radius 3 is 2.35 bits per heavy atom. The third kappa shape index (κ3) is 3.38. The van der Waals surface area contributed by atoms with Crippen LogP contribution in [0.5, 0.6) is 0 Å². The average molecular weight is 289 g/mol. The summed E-state index contributed by atoms with van der Waals surface area (Å²) in [6.07, 6.45) is 0. The fraction of sp³-hybridized carbons (Fsp3) is 0.188. The zero-order valence-corrected chi connectivity index (χ0v) is 12.0. The number of rotatable bonds is 4. The van der Waals surface area contributed by atoms with Gasteiger partial charge in [-0.15, -0.1) is 0 Å². The van der Waals surface area contributed by atoms with Crippen LogP contribution >= 0.6 is 11.6 Å². The predicted molar refractivity (Wildman–Crippen MR) is 81.3 cm³/mol. The Morgan fingerprint density at radius 1 is 1.15 bits per heavy atom. The van der Waals surface area contributed by atoms with Gasteiger partial charge in [0.15, 0.2) is 0 Å². The molecule has 0 saturated heterocycles. The molecule has 1 unspecified atom stereocenters. The van der Waals surface area contributed by atoms with E-state index in [-0.39, 0.29) is 5.91 Å². The van der Waals surface area contributed by atoms with Gasteiger partial charge in [0.2, 0.25) is 5.91 Å². The number of nitrogens with one attached hydrogen (secondary N) is 1. The number of hydrogen-bond acceptors (Lipinski definition) is 2. The Kier molecular flexibility index (Phi) is 4.42. The molecule has 0 aliphatic carbocycles. The lowest BCUT2D eigenvalue weighted by molar-refractivity contribution is -0.126. The van der Waals surface area contributed by atoms with Crippen LogP contribution in [0.15, 0.2) is 54.6 Å². The van der Waals surface area contributed by atoms with E-state index in [2.05, 4.69) is 5.32 Å². The van der Waals surface area contributed by atoms with E-state index < -0.39 is 5.54 Å². The number of carbonyl (C=O) groups is 1. The topological polar surface area (TPSA) is 55.1 Å². The second kappa shape index (κ2) is 6.07. The van der Waals surface area contributed by atoms with Crippen LogP contribution in [0.2, 0.25) is 5.02 Å². The maximum Gasteiger partial charge on any atom is 0.244 e. The fourth-order valence-electron chi connectivity index (χ4n) is 1.88. The highest BCUT2D eigenvalue weighted by molar-refractivity contribution is 6.30. The Balaban J connectivity index is 2.03. The van der Waals surface area contributed by atoms with Crippen molar-refractivity contribution in [2.45, 2.75) is 19.0 Å². The van der Waals surface area contributed by atoms with Crippen LogP contribution in [-0.2, 0) is 16.9 Å². The van der Waals surface area contributed by atoms with E-state index in [1.54, 1.807) is 19.1 Å². The van der Waals surface area contributed by atoms with Crippen molar-refractivity contribution >= 4 is 17.5 Å². The summed E-state index contributed by atoms with van der Waals surface area (Å²) in [6.45, 7) is 2.13. The molecule has 0 spiro atoms. The number of amides is 1. The molecule has 0 fully saturated rings. The van der Waals surface area contributed by atoms with E-state index in [0.29, 0.717) is 11.6 Å². The van der Waals surface area contributed by atoms with Crippen molar-refractivity contribution < 1.29 is 4.79 Å². The van der Waals surface area contributed by atoms with Crippen LogP contribution in [0.3, 0.4) is 0 Å².